The van der Waals surface area contributed by atoms with Crippen molar-refractivity contribution in [3.8, 4) is 5.75 Å². The Morgan fingerprint density at radius 3 is 2.38 bits per heavy atom. The van der Waals surface area contributed by atoms with E-state index >= 15 is 0 Å². The van der Waals surface area contributed by atoms with Crippen molar-refractivity contribution in [3.63, 3.8) is 0 Å². The van der Waals surface area contributed by atoms with E-state index in [1.165, 1.54) is 24.6 Å². The van der Waals surface area contributed by atoms with Gasteiger partial charge in [-0.1, -0.05) is 0 Å². The van der Waals surface area contributed by atoms with Crippen molar-refractivity contribution in [1.82, 2.24) is 14.7 Å². The minimum Gasteiger partial charge on any atom is -0.489 e. The van der Waals surface area contributed by atoms with Gasteiger partial charge in [0, 0.05) is 45.3 Å². The van der Waals surface area contributed by atoms with Crippen molar-refractivity contribution in [1.29, 1.82) is 0 Å². The average molecular weight is 407 g/mol. The predicted octanol–water partition coefficient (Wildman–Crippen LogP) is 2.77. The summed E-state index contributed by atoms with van der Waals surface area (Å²) in [6, 6.07) is 3.82. The molecule has 29 heavy (non-hydrogen) atoms. The van der Waals surface area contributed by atoms with Crippen molar-refractivity contribution in [2.45, 2.75) is 39.2 Å². The Bertz CT molecular complexity index is 714. The molecule has 8 heteroatoms. The predicted molar refractivity (Wildman–Crippen MR) is 110 cm³/mol. The van der Waals surface area contributed by atoms with Gasteiger partial charge >= 0.3 is 6.03 Å². The largest absolute Gasteiger partial charge is 0.489 e. The van der Waals surface area contributed by atoms with Gasteiger partial charge in [-0.2, -0.15) is 0 Å². The van der Waals surface area contributed by atoms with Crippen molar-refractivity contribution < 1.29 is 18.7 Å². The number of likely N-dealkylation sites (tertiary alicyclic amines) is 1. The number of hydrogen-bond donors (Lipinski definition) is 1. The molecule has 7 nitrogen and oxygen atoms in total. The summed E-state index contributed by atoms with van der Waals surface area (Å²) >= 11 is 0. The van der Waals surface area contributed by atoms with Crippen molar-refractivity contribution in [3.05, 3.63) is 24.0 Å². The van der Waals surface area contributed by atoms with E-state index in [4.69, 9.17) is 4.74 Å². The third kappa shape index (κ3) is 6.06. The molecule has 1 N–H and O–H groups in total. The first-order valence-corrected chi connectivity index (χ1v) is 10.4. The minimum absolute atomic E-state index is 0.0860. The van der Waals surface area contributed by atoms with Crippen LogP contribution in [0.5, 0.6) is 5.75 Å². The molecule has 0 atom stereocenters. The van der Waals surface area contributed by atoms with Crippen LogP contribution < -0.4 is 10.1 Å². The second-order valence-corrected chi connectivity index (χ2v) is 7.94. The summed E-state index contributed by atoms with van der Waals surface area (Å²) in [5.74, 6) is 0.191. The quantitative estimate of drug-likeness (QED) is 0.817. The van der Waals surface area contributed by atoms with E-state index in [2.05, 4.69) is 10.2 Å². The molecule has 1 aromatic rings. The Morgan fingerprint density at radius 1 is 1.03 bits per heavy atom. The van der Waals surface area contributed by atoms with Gasteiger partial charge in [0.1, 0.15) is 11.6 Å². The first-order valence-electron chi connectivity index (χ1n) is 10.4. The Morgan fingerprint density at radius 2 is 1.72 bits per heavy atom. The van der Waals surface area contributed by atoms with Gasteiger partial charge in [-0.25, -0.2) is 9.18 Å². The zero-order chi connectivity index (χ0) is 20.8. The van der Waals surface area contributed by atoms with Crippen LogP contribution in [0.3, 0.4) is 0 Å². The molecule has 0 bridgehead atoms. The van der Waals surface area contributed by atoms with Crippen LogP contribution in [-0.4, -0.2) is 78.6 Å². The third-order valence-corrected chi connectivity index (χ3v) is 5.27. The molecule has 2 heterocycles. The standard InChI is InChI=1S/C21H31FN4O3/c1-16(2)29-19-7-6-17(22)14-18(19)23-21(28)26-12-10-24(11-13-26)15-20(27)25-8-4-3-5-9-25/h6-7,14,16H,3-5,8-13,15H2,1-2H3,(H,23,28). The van der Waals surface area contributed by atoms with Crippen LogP contribution in [0.15, 0.2) is 18.2 Å². The SMILES string of the molecule is CC(C)Oc1ccc(F)cc1NC(=O)N1CCN(CC(=O)N2CCCCC2)CC1. The summed E-state index contributed by atoms with van der Waals surface area (Å²) in [5.41, 5.74) is 0.325. The number of anilines is 1. The highest BCUT2D eigenvalue weighted by Gasteiger charge is 2.25. The number of nitrogens with zero attached hydrogens (tertiary/aromatic N) is 3. The number of carbonyl (C=O) groups excluding carboxylic acids is 2. The number of rotatable bonds is 5. The first kappa shape index (κ1) is 21.4. The highest BCUT2D eigenvalue weighted by atomic mass is 19.1. The van der Waals surface area contributed by atoms with Gasteiger partial charge in [0.15, 0.2) is 0 Å². The third-order valence-electron chi connectivity index (χ3n) is 5.27. The minimum atomic E-state index is -0.433. The summed E-state index contributed by atoms with van der Waals surface area (Å²) in [6.45, 7) is 8.20. The Hall–Kier alpha value is -2.35. The van der Waals surface area contributed by atoms with Gasteiger partial charge in [0.2, 0.25) is 5.91 Å². The molecule has 3 rings (SSSR count). The van der Waals surface area contributed by atoms with Gasteiger partial charge in [0.05, 0.1) is 18.3 Å². The monoisotopic (exact) mass is 406 g/mol. The van der Waals surface area contributed by atoms with E-state index in [-0.39, 0.29) is 18.0 Å². The maximum atomic E-state index is 13.6. The molecule has 2 aliphatic rings. The molecule has 3 amide bonds. The van der Waals surface area contributed by atoms with Crippen LogP contribution in [-0.2, 0) is 4.79 Å². The van der Waals surface area contributed by atoms with Gasteiger partial charge < -0.3 is 19.9 Å². The first-order chi connectivity index (χ1) is 13.9. The van der Waals surface area contributed by atoms with E-state index in [1.54, 1.807) is 4.90 Å². The Kier molecular flexibility index (Phi) is 7.30. The van der Waals surface area contributed by atoms with Crippen LogP contribution in [0, 0.1) is 5.82 Å². The summed E-state index contributed by atoms with van der Waals surface area (Å²) < 4.78 is 19.3. The van der Waals surface area contributed by atoms with Crippen LogP contribution in [0.2, 0.25) is 0 Å². The molecule has 0 aliphatic carbocycles. The number of piperidine rings is 1. The molecule has 0 unspecified atom stereocenters. The topological polar surface area (TPSA) is 65.1 Å². The van der Waals surface area contributed by atoms with E-state index in [1.807, 2.05) is 18.7 Å². The number of halogens is 1. The smallest absolute Gasteiger partial charge is 0.322 e. The van der Waals surface area contributed by atoms with Gasteiger partial charge in [-0.15, -0.1) is 0 Å². The van der Waals surface area contributed by atoms with Crippen molar-refractivity contribution in [2.24, 2.45) is 0 Å². The number of nitrogens with one attached hydrogen (secondary N) is 1. The normalized spacial score (nSPS) is 18.1. The number of piperazine rings is 1. The number of hydrogen-bond acceptors (Lipinski definition) is 4. The second-order valence-electron chi connectivity index (χ2n) is 7.94. The molecular formula is C21H31FN4O3. The fourth-order valence-electron chi connectivity index (χ4n) is 3.69. The van der Waals surface area contributed by atoms with E-state index in [9.17, 15) is 14.0 Å². The number of amides is 3. The Balaban J connectivity index is 1.50. The second kappa shape index (κ2) is 9.91. The zero-order valence-electron chi connectivity index (χ0n) is 17.3. The summed E-state index contributed by atoms with van der Waals surface area (Å²) in [4.78, 5) is 30.8. The lowest BCUT2D eigenvalue weighted by Gasteiger charge is -2.36. The molecule has 0 radical (unpaired) electrons. The number of benzene rings is 1. The molecule has 0 aromatic heterocycles. The maximum Gasteiger partial charge on any atom is 0.322 e. The number of carbonyl (C=O) groups is 2. The molecule has 2 saturated heterocycles. The maximum absolute atomic E-state index is 13.6. The highest BCUT2D eigenvalue weighted by Crippen LogP contribution is 2.27. The molecular weight excluding hydrogens is 375 g/mol. The highest BCUT2D eigenvalue weighted by molar-refractivity contribution is 5.91. The van der Waals surface area contributed by atoms with Crippen molar-refractivity contribution in [2.75, 3.05) is 51.1 Å². The summed E-state index contributed by atoms with van der Waals surface area (Å²) in [7, 11) is 0. The average Bonchev–Trinajstić information content (AvgIpc) is 2.71. The fraction of sp³-hybridized carbons (Fsp3) is 0.619. The van der Waals surface area contributed by atoms with E-state index < -0.39 is 5.82 Å². The lowest BCUT2D eigenvalue weighted by atomic mass is 10.1. The van der Waals surface area contributed by atoms with E-state index in [0.29, 0.717) is 44.2 Å². The lowest BCUT2D eigenvalue weighted by molar-refractivity contribution is -0.133. The lowest BCUT2D eigenvalue weighted by Crippen LogP contribution is -2.52. The molecule has 1 aromatic carbocycles. The van der Waals surface area contributed by atoms with Crippen molar-refractivity contribution >= 4 is 17.6 Å². The zero-order valence-corrected chi connectivity index (χ0v) is 17.3. The molecule has 0 spiro atoms. The van der Waals surface area contributed by atoms with Crippen LogP contribution in [0.1, 0.15) is 33.1 Å². The molecule has 2 fully saturated rings. The van der Waals surface area contributed by atoms with Gasteiger partial charge in [-0.05, 0) is 45.2 Å². The van der Waals surface area contributed by atoms with Gasteiger partial charge in [0.25, 0.3) is 0 Å². The molecule has 0 saturated carbocycles. The molecule has 160 valence electrons. The Labute approximate surface area is 171 Å². The number of ether oxygens (including phenoxy) is 1. The van der Waals surface area contributed by atoms with Crippen LogP contribution in [0.4, 0.5) is 14.9 Å². The van der Waals surface area contributed by atoms with Gasteiger partial charge in [-0.3, -0.25) is 9.69 Å². The molecule has 2 aliphatic heterocycles. The fourth-order valence-corrected chi connectivity index (χ4v) is 3.69. The summed E-state index contributed by atoms with van der Waals surface area (Å²) in [6.07, 6.45) is 3.29. The van der Waals surface area contributed by atoms with Crippen LogP contribution >= 0.6 is 0 Å². The van der Waals surface area contributed by atoms with Crippen LogP contribution in [0.25, 0.3) is 0 Å². The van der Waals surface area contributed by atoms with E-state index in [0.717, 1.165) is 25.9 Å². The summed E-state index contributed by atoms with van der Waals surface area (Å²) in [5, 5.41) is 2.76. The number of urea groups is 1.